The van der Waals surface area contributed by atoms with Crippen LogP contribution in [-0.2, 0) is 28.5 Å². The molecule has 1 rings (SSSR count). The highest BCUT2D eigenvalue weighted by Crippen LogP contribution is 2.27. The Morgan fingerprint density at radius 1 is 0.975 bits per heavy atom. The van der Waals surface area contributed by atoms with Crippen molar-refractivity contribution in [3.05, 3.63) is 11.6 Å². The number of ether oxygens (including phenoxy) is 4. The fourth-order valence-corrected chi connectivity index (χ4v) is 3.73. The second-order valence-corrected chi connectivity index (χ2v) is 11.2. The molecule has 0 radical (unpaired) electrons. The zero-order valence-corrected chi connectivity index (χ0v) is 25.0. The fourth-order valence-electron chi connectivity index (χ4n) is 3.73. The molecule has 0 aromatic rings. The summed E-state index contributed by atoms with van der Waals surface area (Å²) in [6.07, 6.45) is -0.245. The molecule has 0 fully saturated rings. The summed E-state index contributed by atoms with van der Waals surface area (Å²) in [5.41, 5.74) is -1.51. The number of aliphatic imine (C=N–C) groups is 1. The predicted octanol–water partition coefficient (Wildman–Crippen LogP) is 3.68. The van der Waals surface area contributed by atoms with E-state index in [2.05, 4.69) is 20.9 Å². The molecule has 0 aromatic heterocycles. The molecule has 0 bridgehead atoms. The lowest BCUT2D eigenvalue weighted by Gasteiger charge is -2.37. The smallest absolute Gasteiger partial charge is 0.414 e. The Hall–Kier alpha value is -3.22. The normalized spacial score (nSPS) is 19.2. The molecule has 0 aromatic carbocycles. The van der Waals surface area contributed by atoms with Crippen molar-refractivity contribution in [3.8, 4) is 0 Å². The number of carbonyl (C=O) groups is 4. The molecular weight excluding hydrogens is 527 g/mol. The molecule has 3 atom stereocenters. The van der Waals surface area contributed by atoms with E-state index in [1.54, 1.807) is 48.5 Å². The molecular formula is C27H45FN4O8. The van der Waals surface area contributed by atoms with E-state index in [0.717, 1.165) is 0 Å². The van der Waals surface area contributed by atoms with Gasteiger partial charge in [0.2, 0.25) is 5.96 Å². The highest BCUT2D eigenvalue weighted by molar-refractivity contribution is 6.01. The standard InChI is InChI=1S/C27H45FN4O8/c1-10-17(11-2)38-19-14-16(22(34)37-12-3)13-18(21(19)30-20(33)15-28)29-23(31-24(35)39-26(4,5)6)32-25(36)40-27(7,8)9/h14,17-19,21H,10-13,15H2,1-9H3,(H,30,33)(H2,29,31,32,35,36)/t18-,19+,21+/m0/s1. The van der Waals surface area contributed by atoms with Gasteiger partial charge in [0.15, 0.2) is 6.67 Å². The molecule has 0 unspecified atom stereocenters. The van der Waals surface area contributed by atoms with E-state index in [1.165, 1.54) is 6.08 Å². The lowest BCUT2D eigenvalue weighted by atomic mass is 9.87. The van der Waals surface area contributed by atoms with E-state index >= 15 is 0 Å². The molecule has 0 heterocycles. The van der Waals surface area contributed by atoms with Crippen molar-refractivity contribution in [2.24, 2.45) is 4.99 Å². The maximum absolute atomic E-state index is 13.3. The minimum Gasteiger partial charge on any atom is -0.463 e. The van der Waals surface area contributed by atoms with Gasteiger partial charge in [-0.1, -0.05) is 13.8 Å². The van der Waals surface area contributed by atoms with Crippen LogP contribution in [0.2, 0.25) is 0 Å². The van der Waals surface area contributed by atoms with Crippen LogP contribution in [0.1, 0.15) is 81.6 Å². The molecule has 0 saturated carbocycles. The van der Waals surface area contributed by atoms with Crippen LogP contribution in [0.25, 0.3) is 0 Å². The van der Waals surface area contributed by atoms with E-state index in [9.17, 15) is 23.6 Å². The zero-order chi connectivity index (χ0) is 30.7. The number of amides is 3. The number of carbonyl (C=O) groups excluding carboxylic acids is 4. The monoisotopic (exact) mass is 572 g/mol. The lowest BCUT2D eigenvalue weighted by molar-refractivity contribution is -0.139. The zero-order valence-electron chi connectivity index (χ0n) is 25.0. The Morgan fingerprint density at radius 2 is 1.50 bits per heavy atom. The van der Waals surface area contributed by atoms with Gasteiger partial charge in [-0.25, -0.2) is 23.8 Å². The van der Waals surface area contributed by atoms with Crippen molar-refractivity contribution in [2.45, 2.75) is 117 Å². The first kappa shape index (κ1) is 34.8. The third-order valence-corrected chi connectivity index (χ3v) is 5.34. The Balaban J connectivity index is 3.60. The summed E-state index contributed by atoms with van der Waals surface area (Å²) in [5, 5.41) is 7.34. The summed E-state index contributed by atoms with van der Waals surface area (Å²) in [5.74, 6) is -1.89. The number of alkyl carbamates (subject to hydrolysis) is 2. The third-order valence-electron chi connectivity index (χ3n) is 5.34. The molecule has 0 saturated heterocycles. The Bertz CT molecular complexity index is 919. The lowest BCUT2D eigenvalue weighted by Crippen LogP contribution is -2.55. The minimum absolute atomic E-state index is 0.0751. The van der Waals surface area contributed by atoms with Crippen LogP contribution in [-0.4, -0.2) is 78.8 Å². The first-order chi connectivity index (χ1) is 18.5. The molecule has 3 N–H and O–H groups in total. The quantitative estimate of drug-likeness (QED) is 0.164. The SMILES string of the molecule is CCOC(=O)C1=C[C@@H](OC(CC)CC)[C@H](NC(=O)CF)[C@@H](N=C(NC(=O)OC(C)(C)C)NC(=O)OC(C)(C)C)C1. The van der Waals surface area contributed by atoms with Gasteiger partial charge in [0.05, 0.1) is 30.9 Å². The molecule has 40 heavy (non-hydrogen) atoms. The Labute approximate surface area is 235 Å². The van der Waals surface area contributed by atoms with Crippen LogP contribution in [0.15, 0.2) is 16.6 Å². The van der Waals surface area contributed by atoms with Gasteiger partial charge in [-0.15, -0.1) is 0 Å². The molecule has 3 amide bonds. The number of halogens is 1. The van der Waals surface area contributed by atoms with Gasteiger partial charge in [-0.2, -0.15) is 0 Å². The van der Waals surface area contributed by atoms with Gasteiger partial charge in [0.1, 0.15) is 11.2 Å². The summed E-state index contributed by atoms with van der Waals surface area (Å²) in [6.45, 7) is 14.3. The van der Waals surface area contributed by atoms with Gasteiger partial charge in [0, 0.05) is 12.0 Å². The number of alkyl halides is 1. The Kier molecular flexibility index (Phi) is 13.5. The second-order valence-electron chi connectivity index (χ2n) is 11.2. The van der Waals surface area contributed by atoms with Gasteiger partial charge >= 0.3 is 18.2 Å². The van der Waals surface area contributed by atoms with Crippen molar-refractivity contribution in [2.75, 3.05) is 13.3 Å². The van der Waals surface area contributed by atoms with Crippen LogP contribution < -0.4 is 16.0 Å². The van der Waals surface area contributed by atoms with Crippen LogP contribution in [0.4, 0.5) is 14.0 Å². The van der Waals surface area contributed by atoms with Gasteiger partial charge < -0.3 is 24.3 Å². The topological polar surface area (TPSA) is 154 Å². The molecule has 13 heteroatoms. The van der Waals surface area contributed by atoms with E-state index in [-0.39, 0.29) is 30.7 Å². The number of nitrogens with one attached hydrogen (secondary N) is 3. The van der Waals surface area contributed by atoms with Crippen LogP contribution in [0.3, 0.4) is 0 Å². The minimum atomic E-state index is -1.29. The van der Waals surface area contributed by atoms with Crippen molar-refractivity contribution < 1.29 is 42.5 Å². The Morgan fingerprint density at radius 3 is 1.93 bits per heavy atom. The molecule has 12 nitrogen and oxygen atoms in total. The highest BCUT2D eigenvalue weighted by atomic mass is 19.1. The summed E-state index contributed by atoms with van der Waals surface area (Å²) < 4.78 is 35.2. The fraction of sp³-hybridized carbons (Fsp3) is 0.741. The summed E-state index contributed by atoms with van der Waals surface area (Å²) in [4.78, 5) is 54.6. The molecule has 1 aliphatic carbocycles. The van der Waals surface area contributed by atoms with Gasteiger partial charge in [-0.05, 0) is 67.4 Å². The van der Waals surface area contributed by atoms with Crippen molar-refractivity contribution in [3.63, 3.8) is 0 Å². The second kappa shape index (κ2) is 15.5. The van der Waals surface area contributed by atoms with Crippen LogP contribution >= 0.6 is 0 Å². The third kappa shape index (κ3) is 12.8. The van der Waals surface area contributed by atoms with Crippen LogP contribution in [0.5, 0.6) is 0 Å². The predicted molar refractivity (Wildman–Crippen MR) is 146 cm³/mol. The summed E-state index contributed by atoms with van der Waals surface area (Å²) in [7, 11) is 0. The number of guanidine groups is 1. The number of hydrogen-bond acceptors (Lipinski definition) is 9. The number of hydrogen-bond donors (Lipinski definition) is 3. The van der Waals surface area contributed by atoms with E-state index in [1.807, 2.05) is 13.8 Å². The van der Waals surface area contributed by atoms with E-state index in [0.29, 0.717) is 12.8 Å². The van der Waals surface area contributed by atoms with Gasteiger partial charge in [-0.3, -0.25) is 15.4 Å². The van der Waals surface area contributed by atoms with Crippen molar-refractivity contribution in [1.82, 2.24) is 16.0 Å². The average molecular weight is 573 g/mol. The highest BCUT2D eigenvalue weighted by Gasteiger charge is 2.39. The first-order valence-corrected chi connectivity index (χ1v) is 13.5. The van der Waals surface area contributed by atoms with E-state index in [4.69, 9.17) is 18.9 Å². The van der Waals surface area contributed by atoms with Crippen molar-refractivity contribution in [1.29, 1.82) is 0 Å². The maximum atomic E-state index is 13.3. The maximum Gasteiger partial charge on any atom is 0.414 e. The van der Waals surface area contributed by atoms with Crippen molar-refractivity contribution >= 4 is 30.0 Å². The first-order valence-electron chi connectivity index (χ1n) is 13.5. The molecule has 1 aliphatic rings. The van der Waals surface area contributed by atoms with E-state index < -0.39 is 60.1 Å². The van der Waals surface area contributed by atoms with Crippen LogP contribution in [0, 0.1) is 0 Å². The number of rotatable bonds is 9. The van der Waals surface area contributed by atoms with Gasteiger partial charge in [0.25, 0.3) is 5.91 Å². The summed E-state index contributed by atoms with van der Waals surface area (Å²) in [6, 6.07) is -1.96. The largest absolute Gasteiger partial charge is 0.463 e. The average Bonchev–Trinajstić information content (AvgIpc) is 2.81. The number of nitrogens with zero attached hydrogens (tertiary/aromatic N) is 1. The molecule has 0 spiro atoms. The number of esters is 1. The summed E-state index contributed by atoms with van der Waals surface area (Å²) >= 11 is 0. The molecule has 228 valence electrons. The molecule has 0 aliphatic heterocycles.